The summed E-state index contributed by atoms with van der Waals surface area (Å²) in [7, 11) is 0. The first kappa shape index (κ1) is 6.93. The molecule has 58 valence electrons. The number of benzene rings is 1. The van der Waals surface area contributed by atoms with Gasteiger partial charge in [0.25, 0.3) is 0 Å². The highest BCUT2D eigenvalue weighted by Gasteiger charge is 2.03. The second-order valence-electron chi connectivity index (χ2n) is 2.78. The number of hydrogen-bond acceptors (Lipinski definition) is 0. The molecule has 0 radical (unpaired) electrons. The number of H-pyrrole nitrogens is 1. The molecule has 2 nitrogen and oxygen atoms in total. The zero-order chi connectivity index (χ0) is 8.55. The number of fused-ring (bicyclic) bond motifs is 1. The number of hydrogen-bond donors (Lipinski definition) is 1. The van der Waals surface area contributed by atoms with Crippen molar-refractivity contribution in [1.29, 1.82) is 0 Å². The van der Waals surface area contributed by atoms with Crippen molar-refractivity contribution in [2.24, 2.45) is 0 Å². The standard InChI is InChI=1S/C10H8N2/c1-7-3-4-9-8(5-6-12-9)10(7)11-2/h3-6,12H,1H3. The zero-order valence-corrected chi connectivity index (χ0v) is 6.76. The topological polar surface area (TPSA) is 20.1 Å². The molecule has 2 aromatic rings. The van der Waals surface area contributed by atoms with Gasteiger partial charge in [-0.15, -0.1) is 0 Å². The van der Waals surface area contributed by atoms with Crippen LogP contribution in [0.3, 0.4) is 0 Å². The van der Waals surface area contributed by atoms with Crippen molar-refractivity contribution < 1.29 is 0 Å². The largest absolute Gasteiger partial charge is 0.362 e. The highest BCUT2D eigenvalue weighted by molar-refractivity contribution is 5.94. The summed E-state index contributed by atoms with van der Waals surface area (Å²) in [5.41, 5.74) is 2.83. The molecule has 0 aliphatic heterocycles. The van der Waals surface area contributed by atoms with Crippen LogP contribution in [0.2, 0.25) is 0 Å². The average Bonchev–Trinajstić information content (AvgIpc) is 2.52. The van der Waals surface area contributed by atoms with E-state index in [2.05, 4.69) is 9.83 Å². The molecular formula is C10H8N2. The molecule has 0 spiro atoms. The summed E-state index contributed by atoms with van der Waals surface area (Å²) in [6.45, 7) is 8.97. The molecule has 0 saturated heterocycles. The normalized spacial score (nSPS) is 10.0. The molecule has 0 atom stereocenters. The van der Waals surface area contributed by atoms with E-state index in [0.29, 0.717) is 0 Å². The molecule has 2 rings (SSSR count). The van der Waals surface area contributed by atoms with E-state index in [0.717, 1.165) is 22.2 Å². The lowest BCUT2D eigenvalue weighted by Gasteiger charge is -1.97. The van der Waals surface area contributed by atoms with E-state index in [1.165, 1.54) is 0 Å². The number of rotatable bonds is 0. The van der Waals surface area contributed by atoms with Gasteiger partial charge in [0.05, 0.1) is 6.57 Å². The molecule has 2 heteroatoms. The Kier molecular flexibility index (Phi) is 1.38. The summed E-state index contributed by atoms with van der Waals surface area (Å²) >= 11 is 0. The van der Waals surface area contributed by atoms with Crippen LogP contribution in [-0.4, -0.2) is 4.98 Å². The molecule has 1 aromatic heterocycles. The third-order valence-electron chi connectivity index (χ3n) is 2.02. The van der Waals surface area contributed by atoms with Gasteiger partial charge in [-0.25, -0.2) is 4.85 Å². The predicted molar refractivity (Wildman–Crippen MR) is 49.3 cm³/mol. The van der Waals surface area contributed by atoms with Crippen LogP contribution in [0.1, 0.15) is 5.56 Å². The fourth-order valence-electron chi connectivity index (χ4n) is 1.37. The maximum atomic E-state index is 7.02. The fraction of sp³-hybridized carbons (Fsp3) is 0.100. The van der Waals surface area contributed by atoms with E-state index in [1.54, 1.807) is 0 Å². The minimum absolute atomic E-state index is 0.758. The van der Waals surface area contributed by atoms with Crippen LogP contribution in [-0.2, 0) is 0 Å². The Labute approximate surface area is 70.7 Å². The molecule has 1 heterocycles. The molecule has 1 N–H and O–H groups in total. The van der Waals surface area contributed by atoms with Gasteiger partial charge in [-0.1, -0.05) is 6.07 Å². The van der Waals surface area contributed by atoms with Crippen LogP contribution in [0.5, 0.6) is 0 Å². The van der Waals surface area contributed by atoms with Crippen LogP contribution in [0.4, 0.5) is 5.69 Å². The first-order chi connectivity index (χ1) is 5.83. The lowest BCUT2D eigenvalue weighted by molar-refractivity contribution is 1.46. The molecule has 0 fully saturated rings. The molecule has 0 saturated carbocycles. The monoisotopic (exact) mass is 156 g/mol. The summed E-state index contributed by atoms with van der Waals surface area (Å²) in [4.78, 5) is 6.58. The van der Waals surface area contributed by atoms with Crippen molar-refractivity contribution in [1.82, 2.24) is 4.98 Å². The average molecular weight is 156 g/mol. The lowest BCUT2D eigenvalue weighted by Crippen LogP contribution is -1.73. The number of aryl methyl sites for hydroxylation is 1. The number of nitrogens with zero attached hydrogens (tertiary/aromatic N) is 1. The summed E-state index contributed by atoms with van der Waals surface area (Å²) in [6.07, 6.45) is 1.86. The van der Waals surface area contributed by atoms with Crippen molar-refractivity contribution in [3.8, 4) is 0 Å². The number of nitrogens with one attached hydrogen (secondary N) is 1. The molecule has 0 amide bonds. The van der Waals surface area contributed by atoms with Crippen LogP contribution in [0.15, 0.2) is 24.4 Å². The fourth-order valence-corrected chi connectivity index (χ4v) is 1.37. The van der Waals surface area contributed by atoms with Gasteiger partial charge in [-0.2, -0.15) is 0 Å². The molecule has 0 aliphatic carbocycles. The summed E-state index contributed by atoms with van der Waals surface area (Å²) in [5, 5.41) is 1.02. The van der Waals surface area contributed by atoms with Crippen molar-refractivity contribution in [2.45, 2.75) is 6.92 Å². The van der Waals surface area contributed by atoms with E-state index < -0.39 is 0 Å². The van der Waals surface area contributed by atoms with Crippen molar-refractivity contribution in [3.63, 3.8) is 0 Å². The Morgan fingerprint density at radius 1 is 1.33 bits per heavy atom. The summed E-state index contributed by atoms with van der Waals surface area (Å²) in [6, 6.07) is 5.90. The maximum absolute atomic E-state index is 7.02. The minimum Gasteiger partial charge on any atom is -0.362 e. The quantitative estimate of drug-likeness (QED) is 0.566. The van der Waals surface area contributed by atoms with Gasteiger partial charge in [-0.3, -0.25) is 0 Å². The van der Waals surface area contributed by atoms with Gasteiger partial charge >= 0.3 is 0 Å². The van der Waals surface area contributed by atoms with Crippen LogP contribution in [0, 0.1) is 13.5 Å². The Balaban J connectivity index is 2.94. The second kappa shape index (κ2) is 2.38. The van der Waals surface area contributed by atoms with E-state index in [9.17, 15) is 0 Å². The number of aromatic amines is 1. The highest BCUT2D eigenvalue weighted by atomic mass is 14.7. The molecule has 1 aromatic carbocycles. The minimum atomic E-state index is 0.758. The predicted octanol–water partition coefficient (Wildman–Crippen LogP) is 3.03. The van der Waals surface area contributed by atoms with Gasteiger partial charge in [-0.05, 0) is 24.6 Å². The van der Waals surface area contributed by atoms with Crippen molar-refractivity contribution in [3.05, 3.63) is 41.4 Å². The maximum Gasteiger partial charge on any atom is 0.199 e. The van der Waals surface area contributed by atoms with E-state index in [4.69, 9.17) is 6.57 Å². The van der Waals surface area contributed by atoms with E-state index in [-0.39, 0.29) is 0 Å². The Morgan fingerprint density at radius 3 is 2.92 bits per heavy atom. The molecular weight excluding hydrogens is 148 g/mol. The third kappa shape index (κ3) is 0.802. The van der Waals surface area contributed by atoms with E-state index in [1.807, 2.05) is 31.3 Å². The first-order valence-corrected chi connectivity index (χ1v) is 3.77. The molecule has 0 unspecified atom stereocenters. The zero-order valence-electron chi connectivity index (χ0n) is 6.76. The molecule has 12 heavy (non-hydrogen) atoms. The lowest BCUT2D eigenvalue weighted by atomic mass is 10.1. The Hall–Kier alpha value is -1.75. The van der Waals surface area contributed by atoms with Crippen LogP contribution < -0.4 is 0 Å². The van der Waals surface area contributed by atoms with Crippen LogP contribution >= 0.6 is 0 Å². The van der Waals surface area contributed by atoms with Crippen molar-refractivity contribution in [2.75, 3.05) is 0 Å². The number of aromatic nitrogens is 1. The van der Waals surface area contributed by atoms with Gasteiger partial charge < -0.3 is 4.98 Å². The highest BCUT2D eigenvalue weighted by Crippen LogP contribution is 2.28. The van der Waals surface area contributed by atoms with Gasteiger partial charge in [0, 0.05) is 17.1 Å². The van der Waals surface area contributed by atoms with Crippen molar-refractivity contribution >= 4 is 16.6 Å². The SMILES string of the molecule is [C-]#[N+]c1c(C)ccc2[nH]ccc12. The van der Waals surface area contributed by atoms with Gasteiger partial charge in [0.1, 0.15) is 0 Å². The smallest absolute Gasteiger partial charge is 0.199 e. The van der Waals surface area contributed by atoms with Gasteiger partial charge in [0.15, 0.2) is 5.69 Å². The molecule has 0 bridgehead atoms. The second-order valence-corrected chi connectivity index (χ2v) is 2.78. The molecule has 0 aliphatic rings. The van der Waals surface area contributed by atoms with Gasteiger partial charge in [0.2, 0.25) is 0 Å². The first-order valence-electron chi connectivity index (χ1n) is 3.77. The third-order valence-corrected chi connectivity index (χ3v) is 2.02. The van der Waals surface area contributed by atoms with Crippen LogP contribution in [0.25, 0.3) is 15.7 Å². The summed E-state index contributed by atoms with van der Waals surface area (Å²) < 4.78 is 0. The van der Waals surface area contributed by atoms with E-state index >= 15 is 0 Å². The Morgan fingerprint density at radius 2 is 2.17 bits per heavy atom. The summed E-state index contributed by atoms with van der Waals surface area (Å²) in [5.74, 6) is 0. The Bertz CT molecular complexity index is 460.